The van der Waals surface area contributed by atoms with Crippen molar-refractivity contribution in [3.8, 4) is 0 Å². The number of thiazole rings is 1. The molecule has 0 aliphatic carbocycles. The fourth-order valence-corrected chi connectivity index (χ4v) is 3.07. The molecular weight excluding hydrogens is 226 g/mol. The van der Waals surface area contributed by atoms with Gasteiger partial charge in [-0.1, -0.05) is 0 Å². The number of hydrogen-bond acceptors (Lipinski definition) is 4. The summed E-state index contributed by atoms with van der Waals surface area (Å²) in [6, 6.07) is 2.07. The van der Waals surface area contributed by atoms with Crippen LogP contribution >= 0.6 is 22.7 Å². The molecule has 2 aromatic rings. The Morgan fingerprint density at radius 2 is 2.27 bits per heavy atom. The highest BCUT2D eigenvalue weighted by molar-refractivity contribution is 7.12. The van der Waals surface area contributed by atoms with Crippen LogP contribution in [0.4, 0.5) is 0 Å². The van der Waals surface area contributed by atoms with E-state index in [-0.39, 0.29) is 0 Å². The van der Waals surface area contributed by atoms with Crippen molar-refractivity contribution in [3.05, 3.63) is 38.0 Å². The fraction of sp³-hybridized carbons (Fsp3) is 0.364. The smallest absolute Gasteiger partial charge is 0.0954 e. The van der Waals surface area contributed by atoms with Gasteiger partial charge in [0.1, 0.15) is 0 Å². The lowest BCUT2D eigenvalue weighted by Gasteiger charge is -2.05. The van der Waals surface area contributed by atoms with Gasteiger partial charge in [-0.05, 0) is 25.5 Å². The summed E-state index contributed by atoms with van der Waals surface area (Å²) in [4.78, 5) is 6.50. The van der Waals surface area contributed by atoms with Crippen LogP contribution in [0.3, 0.4) is 0 Å². The van der Waals surface area contributed by atoms with E-state index in [1.54, 1.807) is 28.9 Å². The molecule has 2 heterocycles. The lowest BCUT2D eigenvalue weighted by atomic mass is 10.2. The summed E-state index contributed by atoms with van der Waals surface area (Å²) in [5, 5.41) is 12.9. The third kappa shape index (κ3) is 2.45. The zero-order valence-corrected chi connectivity index (χ0v) is 10.4. The fourth-order valence-electron chi connectivity index (χ4n) is 1.39. The van der Waals surface area contributed by atoms with E-state index in [9.17, 15) is 5.11 Å². The number of aliphatic hydroxyl groups excluding tert-OH is 1. The molecular formula is C11H13NOS2. The Balaban J connectivity index is 2.11. The molecule has 2 rings (SSSR count). The maximum atomic E-state index is 10.0. The van der Waals surface area contributed by atoms with Gasteiger partial charge < -0.3 is 5.11 Å². The molecule has 0 spiro atoms. The summed E-state index contributed by atoms with van der Waals surface area (Å²) >= 11 is 3.26. The summed E-state index contributed by atoms with van der Waals surface area (Å²) in [6.45, 7) is 4.16. The summed E-state index contributed by atoms with van der Waals surface area (Å²) in [6.07, 6.45) is 1.99. The standard InChI is InChI=1S/C11H13NOS2/c1-7-5-10(15-8(7)2)9(13)6-11-12-3-4-14-11/h3-5,9,13H,6H2,1-2H3. The first-order valence-corrected chi connectivity index (χ1v) is 6.50. The highest BCUT2D eigenvalue weighted by Crippen LogP contribution is 2.28. The van der Waals surface area contributed by atoms with E-state index < -0.39 is 6.10 Å². The molecule has 15 heavy (non-hydrogen) atoms. The lowest BCUT2D eigenvalue weighted by molar-refractivity contribution is 0.182. The van der Waals surface area contributed by atoms with Crippen molar-refractivity contribution in [2.75, 3.05) is 0 Å². The quantitative estimate of drug-likeness (QED) is 0.893. The molecule has 0 saturated heterocycles. The first-order valence-electron chi connectivity index (χ1n) is 4.80. The third-order valence-electron chi connectivity index (χ3n) is 2.36. The molecule has 0 aliphatic rings. The predicted octanol–water partition coefficient (Wildman–Crippen LogP) is 3.10. The molecule has 0 radical (unpaired) electrons. The maximum Gasteiger partial charge on any atom is 0.0954 e. The summed E-state index contributed by atoms with van der Waals surface area (Å²) < 4.78 is 0. The summed E-state index contributed by atoms with van der Waals surface area (Å²) in [5.41, 5.74) is 1.26. The van der Waals surface area contributed by atoms with Crippen molar-refractivity contribution in [1.82, 2.24) is 4.98 Å². The number of hydrogen-bond donors (Lipinski definition) is 1. The van der Waals surface area contributed by atoms with Crippen LogP contribution in [0, 0.1) is 13.8 Å². The number of rotatable bonds is 3. The zero-order valence-electron chi connectivity index (χ0n) is 8.73. The van der Waals surface area contributed by atoms with Gasteiger partial charge in [-0.15, -0.1) is 22.7 Å². The second-order valence-corrected chi connectivity index (χ2v) is 5.80. The van der Waals surface area contributed by atoms with E-state index in [0.717, 1.165) is 9.88 Å². The molecule has 0 aromatic carbocycles. The first kappa shape index (κ1) is 10.8. The van der Waals surface area contributed by atoms with Crippen LogP contribution in [0.2, 0.25) is 0 Å². The van der Waals surface area contributed by atoms with Gasteiger partial charge in [0, 0.05) is 27.8 Å². The Morgan fingerprint density at radius 3 is 2.80 bits per heavy atom. The minimum absolute atomic E-state index is 0.409. The Bertz CT molecular complexity index is 414. The van der Waals surface area contributed by atoms with E-state index in [1.807, 2.05) is 5.38 Å². The monoisotopic (exact) mass is 239 g/mol. The highest BCUT2D eigenvalue weighted by atomic mass is 32.1. The van der Waals surface area contributed by atoms with Crippen LogP contribution in [0.25, 0.3) is 0 Å². The van der Waals surface area contributed by atoms with Crippen LogP contribution in [-0.4, -0.2) is 10.1 Å². The van der Waals surface area contributed by atoms with E-state index >= 15 is 0 Å². The number of aryl methyl sites for hydroxylation is 2. The van der Waals surface area contributed by atoms with Gasteiger partial charge in [0.15, 0.2) is 0 Å². The van der Waals surface area contributed by atoms with Crippen LogP contribution in [0.15, 0.2) is 17.6 Å². The van der Waals surface area contributed by atoms with Crippen molar-refractivity contribution in [2.45, 2.75) is 26.4 Å². The molecule has 4 heteroatoms. The topological polar surface area (TPSA) is 33.1 Å². The second-order valence-electron chi connectivity index (χ2n) is 3.53. The van der Waals surface area contributed by atoms with Crippen LogP contribution in [0.1, 0.15) is 26.4 Å². The number of aliphatic hydroxyl groups is 1. The lowest BCUT2D eigenvalue weighted by Crippen LogP contribution is -1.98. The van der Waals surface area contributed by atoms with Crippen LogP contribution < -0.4 is 0 Å². The number of aromatic nitrogens is 1. The van der Waals surface area contributed by atoms with E-state index in [2.05, 4.69) is 24.9 Å². The van der Waals surface area contributed by atoms with Crippen LogP contribution in [-0.2, 0) is 6.42 Å². The normalized spacial score (nSPS) is 13.0. The van der Waals surface area contributed by atoms with Gasteiger partial charge in [0.05, 0.1) is 11.1 Å². The largest absolute Gasteiger partial charge is 0.387 e. The van der Waals surface area contributed by atoms with Crippen molar-refractivity contribution in [2.24, 2.45) is 0 Å². The second kappa shape index (κ2) is 4.43. The number of nitrogens with zero attached hydrogens (tertiary/aromatic N) is 1. The summed E-state index contributed by atoms with van der Waals surface area (Å²) in [7, 11) is 0. The zero-order chi connectivity index (χ0) is 10.8. The molecule has 0 aliphatic heterocycles. The van der Waals surface area contributed by atoms with Gasteiger partial charge in [0.2, 0.25) is 0 Å². The van der Waals surface area contributed by atoms with Crippen LogP contribution in [0.5, 0.6) is 0 Å². The van der Waals surface area contributed by atoms with Gasteiger partial charge in [-0.3, -0.25) is 0 Å². The maximum absolute atomic E-state index is 10.0. The van der Waals surface area contributed by atoms with E-state index in [4.69, 9.17) is 0 Å². The first-order chi connectivity index (χ1) is 7.16. The SMILES string of the molecule is Cc1cc(C(O)Cc2nccs2)sc1C. The van der Waals surface area contributed by atoms with Gasteiger partial charge in [0.25, 0.3) is 0 Å². The molecule has 1 N–H and O–H groups in total. The molecule has 2 nitrogen and oxygen atoms in total. The molecule has 1 atom stereocenters. The van der Waals surface area contributed by atoms with Gasteiger partial charge in [-0.2, -0.15) is 0 Å². The van der Waals surface area contributed by atoms with Crippen molar-refractivity contribution >= 4 is 22.7 Å². The summed E-state index contributed by atoms with van der Waals surface area (Å²) in [5.74, 6) is 0. The van der Waals surface area contributed by atoms with E-state index in [0.29, 0.717) is 6.42 Å². The van der Waals surface area contributed by atoms with E-state index in [1.165, 1.54) is 10.4 Å². The molecule has 0 amide bonds. The molecule has 2 aromatic heterocycles. The Labute approximate surface area is 97.2 Å². The number of thiophene rings is 1. The molecule has 0 saturated carbocycles. The van der Waals surface area contributed by atoms with Gasteiger partial charge >= 0.3 is 0 Å². The molecule has 1 unspecified atom stereocenters. The average Bonchev–Trinajstić information content (AvgIpc) is 2.78. The minimum Gasteiger partial charge on any atom is -0.387 e. The van der Waals surface area contributed by atoms with Crippen molar-refractivity contribution in [1.29, 1.82) is 0 Å². The Hall–Kier alpha value is -0.710. The Kier molecular flexibility index (Phi) is 3.19. The minimum atomic E-state index is -0.409. The molecule has 0 fully saturated rings. The average molecular weight is 239 g/mol. The predicted molar refractivity (Wildman–Crippen MR) is 64.6 cm³/mol. The van der Waals surface area contributed by atoms with Gasteiger partial charge in [-0.25, -0.2) is 4.98 Å². The molecule has 80 valence electrons. The molecule has 0 bridgehead atoms. The van der Waals surface area contributed by atoms with Crippen molar-refractivity contribution in [3.63, 3.8) is 0 Å². The van der Waals surface area contributed by atoms with Crippen molar-refractivity contribution < 1.29 is 5.11 Å². The highest BCUT2D eigenvalue weighted by Gasteiger charge is 2.13. The third-order valence-corrected chi connectivity index (χ3v) is 4.42. The Morgan fingerprint density at radius 1 is 1.47 bits per heavy atom.